The molecule has 0 aromatic heterocycles. The second-order valence-electron chi connectivity index (χ2n) is 3.21. The molecule has 74 valence electrons. The third-order valence-electron chi connectivity index (χ3n) is 2.15. The summed E-state index contributed by atoms with van der Waals surface area (Å²) in [6.45, 7) is 0. The first-order valence-corrected chi connectivity index (χ1v) is 6.85. The van der Waals surface area contributed by atoms with E-state index in [0.717, 1.165) is 11.3 Å². The lowest BCUT2D eigenvalue weighted by Crippen LogP contribution is -2.18. The number of benzene rings is 1. The van der Waals surface area contributed by atoms with Gasteiger partial charge in [0.2, 0.25) is 0 Å². The van der Waals surface area contributed by atoms with Crippen LogP contribution >= 0.6 is 23.5 Å². The Morgan fingerprint density at radius 3 is 2.43 bits per heavy atom. The topological polar surface area (TPSA) is 23.9 Å². The molecule has 1 aliphatic rings. The maximum Gasteiger partial charge on any atom is 0.0920 e. The van der Waals surface area contributed by atoms with Crippen molar-refractivity contribution in [2.45, 2.75) is 11.0 Å². The van der Waals surface area contributed by atoms with Gasteiger partial charge in [-0.25, -0.2) is 0 Å². The lowest BCUT2D eigenvalue weighted by molar-refractivity contribution is 1.11. The average molecular weight is 223 g/mol. The Balaban J connectivity index is 2.07. The van der Waals surface area contributed by atoms with Crippen molar-refractivity contribution < 1.29 is 0 Å². The Labute approximate surface area is 93.2 Å². The maximum absolute atomic E-state index is 8.08. The van der Waals surface area contributed by atoms with E-state index in [1.54, 1.807) is 0 Å². The fourth-order valence-corrected chi connectivity index (χ4v) is 4.21. The largest absolute Gasteiger partial charge is 0.303 e. The second-order valence-corrected chi connectivity index (χ2v) is 5.93. The Morgan fingerprint density at radius 2 is 1.79 bits per heavy atom. The molecule has 14 heavy (non-hydrogen) atoms. The highest BCUT2D eigenvalue weighted by Crippen LogP contribution is 2.32. The summed E-state index contributed by atoms with van der Waals surface area (Å²) in [6, 6.07) is 10.1. The van der Waals surface area contributed by atoms with Crippen molar-refractivity contribution in [3.63, 3.8) is 0 Å². The van der Waals surface area contributed by atoms with Crippen LogP contribution in [-0.2, 0) is 0 Å². The molecule has 1 saturated heterocycles. The van der Waals surface area contributed by atoms with Crippen LogP contribution in [-0.4, -0.2) is 21.8 Å². The predicted octanol–water partition coefficient (Wildman–Crippen LogP) is 3.25. The van der Waals surface area contributed by atoms with Crippen LogP contribution in [0.5, 0.6) is 0 Å². The van der Waals surface area contributed by atoms with E-state index in [0.29, 0.717) is 4.58 Å². The molecule has 1 heterocycles. The van der Waals surface area contributed by atoms with Gasteiger partial charge >= 0.3 is 0 Å². The van der Waals surface area contributed by atoms with Crippen LogP contribution in [0.2, 0.25) is 0 Å². The number of hydrogen-bond acceptors (Lipinski definition) is 3. The summed E-state index contributed by atoms with van der Waals surface area (Å²) in [5, 5.41) is 8.08. The van der Waals surface area contributed by atoms with Crippen molar-refractivity contribution >= 4 is 29.2 Å². The van der Waals surface area contributed by atoms with Gasteiger partial charge < -0.3 is 5.41 Å². The van der Waals surface area contributed by atoms with E-state index in [2.05, 4.69) is 0 Å². The van der Waals surface area contributed by atoms with E-state index in [-0.39, 0.29) is 0 Å². The normalized spacial score (nSPS) is 18.0. The Hall–Kier alpha value is -0.410. The van der Waals surface area contributed by atoms with Crippen LogP contribution in [0.25, 0.3) is 0 Å². The van der Waals surface area contributed by atoms with E-state index in [1.165, 1.54) is 17.9 Å². The highest BCUT2D eigenvalue weighted by Gasteiger charge is 2.19. The fourth-order valence-electron chi connectivity index (χ4n) is 1.41. The SMILES string of the molecule is N=C(c1ccccc1)C1SCCCS1. The lowest BCUT2D eigenvalue weighted by Gasteiger charge is -2.21. The molecule has 1 fully saturated rings. The summed E-state index contributed by atoms with van der Waals surface area (Å²) >= 11 is 3.81. The smallest absolute Gasteiger partial charge is 0.0920 e. The minimum Gasteiger partial charge on any atom is -0.303 e. The van der Waals surface area contributed by atoms with E-state index >= 15 is 0 Å². The van der Waals surface area contributed by atoms with Gasteiger partial charge in [-0.1, -0.05) is 30.3 Å². The van der Waals surface area contributed by atoms with Gasteiger partial charge in [0, 0.05) is 0 Å². The van der Waals surface area contributed by atoms with Crippen molar-refractivity contribution in [2.75, 3.05) is 11.5 Å². The summed E-state index contributed by atoms with van der Waals surface area (Å²) in [5.41, 5.74) is 1.85. The predicted molar refractivity (Wildman–Crippen MR) is 66.6 cm³/mol. The van der Waals surface area contributed by atoms with Crippen LogP contribution < -0.4 is 0 Å². The first-order valence-electron chi connectivity index (χ1n) is 4.75. The van der Waals surface area contributed by atoms with Crippen LogP contribution in [0.4, 0.5) is 0 Å². The zero-order valence-electron chi connectivity index (χ0n) is 7.90. The molecule has 1 aromatic rings. The zero-order chi connectivity index (χ0) is 9.80. The second kappa shape index (κ2) is 4.89. The van der Waals surface area contributed by atoms with Crippen molar-refractivity contribution in [3.05, 3.63) is 35.9 Å². The van der Waals surface area contributed by atoms with Crippen molar-refractivity contribution in [3.8, 4) is 0 Å². The zero-order valence-corrected chi connectivity index (χ0v) is 9.53. The van der Waals surface area contributed by atoms with Crippen LogP contribution in [0.3, 0.4) is 0 Å². The third-order valence-corrected chi connectivity index (χ3v) is 5.09. The van der Waals surface area contributed by atoms with Crippen LogP contribution in [0, 0.1) is 5.41 Å². The number of nitrogens with one attached hydrogen (secondary N) is 1. The summed E-state index contributed by atoms with van der Waals surface area (Å²) in [5.74, 6) is 2.40. The molecule has 0 atom stereocenters. The minimum absolute atomic E-state index is 0.353. The van der Waals surface area contributed by atoms with Crippen molar-refractivity contribution in [1.29, 1.82) is 5.41 Å². The molecule has 1 aromatic carbocycles. The Kier molecular flexibility index (Phi) is 3.54. The van der Waals surface area contributed by atoms with E-state index in [4.69, 9.17) is 5.41 Å². The monoisotopic (exact) mass is 223 g/mol. The van der Waals surface area contributed by atoms with Crippen molar-refractivity contribution in [2.24, 2.45) is 0 Å². The van der Waals surface area contributed by atoms with Gasteiger partial charge in [-0.3, -0.25) is 0 Å². The molecule has 1 nitrogen and oxygen atoms in total. The van der Waals surface area contributed by atoms with E-state index in [1.807, 2.05) is 53.9 Å². The average Bonchev–Trinajstić information content (AvgIpc) is 2.30. The molecule has 2 rings (SSSR count). The number of thioether (sulfide) groups is 2. The van der Waals surface area contributed by atoms with E-state index < -0.39 is 0 Å². The molecule has 0 unspecified atom stereocenters. The quantitative estimate of drug-likeness (QED) is 0.778. The first-order chi connectivity index (χ1) is 6.88. The van der Waals surface area contributed by atoms with Crippen LogP contribution in [0.15, 0.2) is 30.3 Å². The molecule has 3 heteroatoms. The van der Waals surface area contributed by atoms with Gasteiger partial charge in [0.15, 0.2) is 0 Å². The molecule has 1 aliphatic heterocycles. The van der Waals surface area contributed by atoms with Crippen LogP contribution in [0.1, 0.15) is 12.0 Å². The highest BCUT2D eigenvalue weighted by atomic mass is 32.2. The number of rotatable bonds is 2. The van der Waals surface area contributed by atoms with Crippen molar-refractivity contribution in [1.82, 2.24) is 0 Å². The van der Waals surface area contributed by atoms with Gasteiger partial charge in [0.25, 0.3) is 0 Å². The summed E-state index contributed by atoms with van der Waals surface area (Å²) in [7, 11) is 0. The van der Waals surface area contributed by atoms with Gasteiger partial charge in [-0.2, -0.15) is 0 Å². The molecule has 0 saturated carbocycles. The van der Waals surface area contributed by atoms with Gasteiger partial charge in [0.05, 0.1) is 10.3 Å². The fraction of sp³-hybridized carbons (Fsp3) is 0.364. The minimum atomic E-state index is 0.353. The molecular weight excluding hydrogens is 210 g/mol. The molecule has 0 spiro atoms. The molecule has 0 radical (unpaired) electrons. The summed E-state index contributed by atoms with van der Waals surface area (Å²) in [6.07, 6.45) is 1.29. The maximum atomic E-state index is 8.08. The standard InChI is InChI=1S/C11H13NS2/c12-10(9-5-2-1-3-6-9)11-13-7-4-8-14-11/h1-3,5-6,11-12H,4,7-8H2. The van der Waals surface area contributed by atoms with Gasteiger partial charge in [0.1, 0.15) is 0 Å². The van der Waals surface area contributed by atoms with Gasteiger partial charge in [-0.15, -0.1) is 23.5 Å². The first kappa shape index (κ1) is 10.1. The lowest BCUT2D eigenvalue weighted by atomic mass is 10.1. The molecule has 1 N–H and O–H groups in total. The Morgan fingerprint density at radius 1 is 1.14 bits per heavy atom. The van der Waals surface area contributed by atoms with Gasteiger partial charge in [-0.05, 0) is 23.5 Å². The number of hydrogen-bond donors (Lipinski definition) is 1. The Bertz CT molecular complexity index is 304. The summed E-state index contributed by atoms with van der Waals surface area (Å²) in [4.78, 5) is 0. The van der Waals surface area contributed by atoms with E-state index in [9.17, 15) is 0 Å². The molecule has 0 amide bonds. The molecule has 0 aliphatic carbocycles. The summed E-state index contributed by atoms with van der Waals surface area (Å²) < 4.78 is 0.353. The molecular formula is C11H13NS2. The molecule has 0 bridgehead atoms. The third kappa shape index (κ3) is 2.34. The highest BCUT2D eigenvalue weighted by molar-refractivity contribution is 8.18.